The third kappa shape index (κ3) is 5.41. The molecule has 0 bridgehead atoms. The first-order chi connectivity index (χ1) is 10.3. The van der Waals surface area contributed by atoms with Crippen LogP contribution in [0.15, 0.2) is 12.1 Å². The smallest absolute Gasteiger partial charge is 0.0662 e. The van der Waals surface area contributed by atoms with Crippen molar-refractivity contribution >= 4 is 0 Å². The van der Waals surface area contributed by atoms with Crippen molar-refractivity contribution < 1.29 is 0 Å². The van der Waals surface area contributed by atoms with Crippen molar-refractivity contribution in [2.75, 3.05) is 0 Å². The van der Waals surface area contributed by atoms with E-state index in [9.17, 15) is 0 Å². The maximum atomic E-state index is 4.51. The molecule has 1 aromatic rings. The summed E-state index contributed by atoms with van der Waals surface area (Å²) in [4.78, 5) is 0. The van der Waals surface area contributed by atoms with Gasteiger partial charge in [0.1, 0.15) is 0 Å². The maximum Gasteiger partial charge on any atom is 0.0662 e. The molecular formula is C19H32N2. The second-order valence-corrected chi connectivity index (χ2v) is 6.77. The quantitative estimate of drug-likeness (QED) is 0.576. The maximum absolute atomic E-state index is 4.51. The van der Waals surface area contributed by atoms with Gasteiger partial charge < -0.3 is 0 Å². The zero-order valence-corrected chi connectivity index (χ0v) is 14.0. The van der Waals surface area contributed by atoms with E-state index in [2.05, 4.69) is 36.2 Å². The average Bonchev–Trinajstić information content (AvgIpc) is 2.54. The highest BCUT2D eigenvalue weighted by atomic mass is 15.1. The lowest BCUT2D eigenvalue weighted by molar-refractivity contribution is 0.299. The van der Waals surface area contributed by atoms with Gasteiger partial charge in [-0.2, -0.15) is 10.2 Å². The zero-order valence-electron chi connectivity index (χ0n) is 14.0. The number of aryl methyl sites for hydroxylation is 1. The van der Waals surface area contributed by atoms with Gasteiger partial charge in [-0.05, 0) is 56.6 Å². The van der Waals surface area contributed by atoms with Crippen molar-refractivity contribution in [3.8, 4) is 0 Å². The Bertz CT molecular complexity index is 377. The third-order valence-corrected chi connectivity index (χ3v) is 5.01. The normalized spacial score (nSPS) is 22.4. The van der Waals surface area contributed by atoms with E-state index in [0.717, 1.165) is 18.0 Å². The first kappa shape index (κ1) is 16.5. The van der Waals surface area contributed by atoms with Crippen LogP contribution in [0.2, 0.25) is 0 Å². The first-order valence-electron chi connectivity index (χ1n) is 9.16. The fraction of sp³-hybridized carbons (Fsp3) is 0.789. The SMILES string of the molecule is CCCCCC1CCC(c2ccc(CCCC)nn2)CC1. The Morgan fingerprint density at radius 1 is 0.905 bits per heavy atom. The largest absolute Gasteiger partial charge is 0.155 e. The summed E-state index contributed by atoms with van der Waals surface area (Å²) in [7, 11) is 0. The average molecular weight is 288 g/mol. The predicted molar refractivity (Wildman–Crippen MR) is 89.5 cm³/mol. The van der Waals surface area contributed by atoms with E-state index < -0.39 is 0 Å². The van der Waals surface area contributed by atoms with Gasteiger partial charge in [-0.1, -0.05) is 46.0 Å². The molecular weight excluding hydrogens is 256 g/mol. The van der Waals surface area contributed by atoms with Crippen molar-refractivity contribution in [1.29, 1.82) is 0 Å². The molecule has 0 amide bonds. The van der Waals surface area contributed by atoms with Gasteiger partial charge in [-0.3, -0.25) is 0 Å². The molecule has 0 aliphatic heterocycles. The van der Waals surface area contributed by atoms with Crippen LogP contribution in [0.1, 0.15) is 95.4 Å². The second kappa shape index (κ2) is 9.17. The molecule has 1 heterocycles. The van der Waals surface area contributed by atoms with E-state index in [0.29, 0.717) is 5.92 Å². The van der Waals surface area contributed by atoms with Crippen molar-refractivity contribution in [3.05, 3.63) is 23.5 Å². The molecule has 2 nitrogen and oxygen atoms in total. The van der Waals surface area contributed by atoms with Gasteiger partial charge in [-0.15, -0.1) is 0 Å². The molecule has 2 rings (SSSR count). The highest BCUT2D eigenvalue weighted by molar-refractivity contribution is 5.12. The Hall–Kier alpha value is -0.920. The molecule has 21 heavy (non-hydrogen) atoms. The minimum absolute atomic E-state index is 0.667. The van der Waals surface area contributed by atoms with Gasteiger partial charge in [0.05, 0.1) is 11.4 Å². The summed E-state index contributed by atoms with van der Waals surface area (Å²) < 4.78 is 0. The van der Waals surface area contributed by atoms with Crippen LogP contribution in [0.4, 0.5) is 0 Å². The molecule has 0 spiro atoms. The van der Waals surface area contributed by atoms with Crippen LogP contribution in [-0.4, -0.2) is 10.2 Å². The highest BCUT2D eigenvalue weighted by Crippen LogP contribution is 2.36. The molecule has 1 fully saturated rings. The molecule has 2 heteroatoms. The van der Waals surface area contributed by atoms with E-state index in [1.54, 1.807) is 0 Å². The minimum Gasteiger partial charge on any atom is -0.155 e. The summed E-state index contributed by atoms with van der Waals surface area (Å²) in [5.74, 6) is 1.64. The lowest BCUT2D eigenvalue weighted by Gasteiger charge is -2.28. The number of nitrogens with zero attached hydrogens (tertiary/aromatic N) is 2. The summed E-state index contributed by atoms with van der Waals surface area (Å²) in [6.07, 6.45) is 14.6. The summed E-state index contributed by atoms with van der Waals surface area (Å²) in [5, 5.41) is 8.93. The van der Waals surface area contributed by atoms with Crippen molar-refractivity contribution in [1.82, 2.24) is 10.2 Å². The Balaban J connectivity index is 1.76. The van der Waals surface area contributed by atoms with Crippen molar-refractivity contribution in [2.45, 2.75) is 90.4 Å². The fourth-order valence-corrected chi connectivity index (χ4v) is 3.51. The number of unbranched alkanes of at least 4 members (excludes halogenated alkanes) is 3. The molecule has 0 N–H and O–H groups in total. The molecule has 0 atom stereocenters. The minimum atomic E-state index is 0.667. The van der Waals surface area contributed by atoms with E-state index in [-0.39, 0.29) is 0 Å². The molecule has 1 aromatic heterocycles. The van der Waals surface area contributed by atoms with Gasteiger partial charge in [0.2, 0.25) is 0 Å². The van der Waals surface area contributed by atoms with Gasteiger partial charge in [0.25, 0.3) is 0 Å². The van der Waals surface area contributed by atoms with Crippen LogP contribution in [0.3, 0.4) is 0 Å². The van der Waals surface area contributed by atoms with Crippen molar-refractivity contribution in [2.24, 2.45) is 5.92 Å². The summed E-state index contributed by atoms with van der Waals surface area (Å²) in [5.41, 5.74) is 2.40. The molecule has 118 valence electrons. The summed E-state index contributed by atoms with van der Waals surface area (Å²) in [6.45, 7) is 4.51. The molecule has 0 saturated heterocycles. The number of aromatic nitrogens is 2. The molecule has 1 saturated carbocycles. The Morgan fingerprint density at radius 2 is 1.67 bits per heavy atom. The second-order valence-electron chi connectivity index (χ2n) is 6.77. The van der Waals surface area contributed by atoms with E-state index in [1.807, 2.05) is 0 Å². The van der Waals surface area contributed by atoms with Crippen LogP contribution in [0, 0.1) is 5.92 Å². The van der Waals surface area contributed by atoms with Gasteiger partial charge in [0, 0.05) is 5.92 Å². The topological polar surface area (TPSA) is 25.8 Å². The van der Waals surface area contributed by atoms with Crippen LogP contribution in [0.25, 0.3) is 0 Å². The Labute approximate surface area is 130 Å². The molecule has 0 unspecified atom stereocenters. The van der Waals surface area contributed by atoms with Crippen LogP contribution < -0.4 is 0 Å². The third-order valence-electron chi connectivity index (χ3n) is 5.01. The Morgan fingerprint density at radius 3 is 2.29 bits per heavy atom. The molecule has 1 aliphatic rings. The van der Waals surface area contributed by atoms with Gasteiger partial charge >= 0.3 is 0 Å². The number of hydrogen-bond acceptors (Lipinski definition) is 2. The molecule has 1 aliphatic carbocycles. The van der Waals surface area contributed by atoms with E-state index in [1.165, 1.54) is 69.9 Å². The standard InChI is InChI=1S/C19H32N2/c1-3-5-7-8-16-10-12-17(13-11-16)19-15-14-18(20-21-19)9-6-4-2/h14-17H,3-13H2,1-2H3. The molecule has 0 radical (unpaired) electrons. The van der Waals surface area contributed by atoms with Gasteiger partial charge in [-0.25, -0.2) is 0 Å². The Kier molecular flexibility index (Phi) is 7.18. The number of hydrogen-bond donors (Lipinski definition) is 0. The monoisotopic (exact) mass is 288 g/mol. The van der Waals surface area contributed by atoms with E-state index in [4.69, 9.17) is 0 Å². The van der Waals surface area contributed by atoms with Crippen molar-refractivity contribution in [3.63, 3.8) is 0 Å². The van der Waals surface area contributed by atoms with Gasteiger partial charge in [0.15, 0.2) is 0 Å². The first-order valence-corrected chi connectivity index (χ1v) is 9.16. The lowest BCUT2D eigenvalue weighted by atomic mass is 9.78. The fourth-order valence-electron chi connectivity index (χ4n) is 3.51. The number of rotatable bonds is 8. The van der Waals surface area contributed by atoms with Crippen LogP contribution in [0.5, 0.6) is 0 Å². The van der Waals surface area contributed by atoms with Crippen LogP contribution >= 0.6 is 0 Å². The van der Waals surface area contributed by atoms with Crippen LogP contribution in [-0.2, 0) is 6.42 Å². The lowest BCUT2D eigenvalue weighted by Crippen LogP contribution is -2.15. The summed E-state index contributed by atoms with van der Waals surface area (Å²) in [6, 6.07) is 4.44. The zero-order chi connectivity index (χ0) is 14.9. The summed E-state index contributed by atoms with van der Waals surface area (Å²) >= 11 is 0. The highest BCUT2D eigenvalue weighted by Gasteiger charge is 2.23. The molecule has 0 aromatic carbocycles. The predicted octanol–water partition coefficient (Wildman–Crippen LogP) is 5.67. The van der Waals surface area contributed by atoms with E-state index >= 15 is 0 Å².